The van der Waals surface area contributed by atoms with Gasteiger partial charge in [0, 0.05) is 19.0 Å². The van der Waals surface area contributed by atoms with Crippen LogP contribution in [0.1, 0.15) is 59.8 Å². The summed E-state index contributed by atoms with van der Waals surface area (Å²) in [5.74, 6) is 2.40. The van der Waals surface area contributed by atoms with Crippen molar-refractivity contribution in [3.05, 3.63) is 0 Å². The third kappa shape index (κ3) is 5.82. The molecule has 20 heavy (non-hydrogen) atoms. The maximum atomic E-state index is 12.8. The predicted octanol–water partition coefficient (Wildman–Crippen LogP) is 3.28. The molecule has 0 bridgehead atoms. The minimum atomic E-state index is 0.248. The molecule has 0 aromatic rings. The second kappa shape index (κ2) is 8.66. The van der Waals surface area contributed by atoms with Crippen LogP contribution in [-0.4, -0.2) is 30.4 Å². The Balaban J connectivity index is 2.62. The zero-order chi connectivity index (χ0) is 15.1. The molecule has 1 saturated carbocycles. The Hall–Kier alpha value is -0.570. The molecule has 118 valence electrons. The van der Waals surface area contributed by atoms with Crippen LogP contribution in [0, 0.1) is 23.7 Å². The quantitative estimate of drug-likeness (QED) is 0.779. The normalized spacial score (nSPS) is 23.4. The number of hydrogen-bond donors (Lipinski definition) is 1. The van der Waals surface area contributed by atoms with E-state index in [2.05, 4.69) is 32.6 Å². The number of nitrogens with two attached hydrogens (primary N) is 1. The van der Waals surface area contributed by atoms with Crippen molar-refractivity contribution >= 4 is 5.91 Å². The minimum Gasteiger partial charge on any atom is -0.342 e. The third-order valence-corrected chi connectivity index (χ3v) is 4.19. The van der Waals surface area contributed by atoms with Gasteiger partial charge in [-0.15, -0.1) is 0 Å². The fraction of sp³-hybridized carbons (Fsp3) is 0.941. The number of amides is 1. The maximum Gasteiger partial charge on any atom is 0.225 e. The molecule has 1 fully saturated rings. The minimum absolute atomic E-state index is 0.248. The van der Waals surface area contributed by atoms with E-state index in [1.807, 2.05) is 0 Å². The van der Waals surface area contributed by atoms with Crippen molar-refractivity contribution in [2.24, 2.45) is 29.4 Å². The summed E-state index contributed by atoms with van der Waals surface area (Å²) < 4.78 is 0. The van der Waals surface area contributed by atoms with E-state index >= 15 is 0 Å². The van der Waals surface area contributed by atoms with Crippen LogP contribution in [0.15, 0.2) is 0 Å². The van der Waals surface area contributed by atoms with Crippen LogP contribution in [-0.2, 0) is 4.79 Å². The Kier molecular flexibility index (Phi) is 7.57. The first kappa shape index (κ1) is 17.5. The predicted molar refractivity (Wildman–Crippen MR) is 85.4 cm³/mol. The fourth-order valence-electron chi connectivity index (χ4n) is 3.41. The summed E-state index contributed by atoms with van der Waals surface area (Å²) >= 11 is 0. The van der Waals surface area contributed by atoms with E-state index in [0.717, 1.165) is 38.9 Å². The van der Waals surface area contributed by atoms with Crippen LogP contribution in [0.2, 0.25) is 0 Å². The average molecular weight is 282 g/mol. The summed E-state index contributed by atoms with van der Waals surface area (Å²) in [5.41, 5.74) is 5.68. The van der Waals surface area contributed by atoms with Gasteiger partial charge in [0.2, 0.25) is 5.91 Å². The van der Waals surface area contributed by atoms with Crippen molar-refractivity contribution in [2.75, 3.05) is 19.6 Å². The zero-order valence-corrected chi connectivity index (χ0v) is 13.9. The van der Waals surface area contributed by atoms with Gasteiger partial charge in [-0.3, -0.25) is 4.79 Å². The van der Waals surface area contributed by atoms with Crippen LogP contribution in [0.25, 0.3) is 0 Å². The van der Waals surface area contributed by atoms with Gasteiger partial charge in [-0.1, -0.05) is 40.5 Å². The van der Waals surface area contributed by atoms with Gasteiger partial charge in [-0.2, -0.15) is 0 Å². The maximum absolute atomic E-state index is 12.8. The van der Waals surface area contributed by atoms with Crippen molar-refractivity contribution in [1.82, 2.24) is 4.90 Å². The number of hydrogen-bond acceptors (Lipinski definition) is 2. The first-order valence-electron chi connectivity index (χ1n) is 8.42. The molecule has 0 radical (unpaired) electrons. The Bertz CT molecular complexity index is 277. The van der Waals surface area contributed by atoms with E-state index in [0.29, 0.717) is 23.7 Å². The van der Waals surface area contributed by atoms with Crippen molar-refractivity contribution in [3.8, 4) is 0 Å². The molecule has 3 nitrogen and oxygen atoms in total. The summed E-state index contributed by atoms with van der Waals surface area (Å²) in [6.45, 7) is 11.3. The Morgan fingerprint density at radius 1 is 1.15 bits per heavy atom. The molecule has 1 aliphatic carbocycles. The molecular formula is C17H34N2O. The molecule has 0 aromatic carbocycles. The number of nitrogens with zero attached hydrogens (tertiary/aromatic N) is 1. The van der Waals surface area contributed by atoms with E-state index in [-0.39, 0.29) is 5.92 Å². The van der Waals surface area contributed by atoms with Gasteiger partial charge in [0.05, 0.1) is 0 Å². The molecule has 0 heterocycles. The van der Waals surface area contributed by atoms with Crippen molar-refractivity contribution in [1.29, 1.82) is 0 Å². The lowest BCUT2D eigenvalue weighted by Gasteiger charge is -2.34. The van der Waals surface area contributed by atoms with Gasteiger partial charge in [-0.05, 0) is 43.6 Å². The first-order valence-corrected chi connectivity index (χ1v) is 8.42. The highest BCUT2D eigenvalue weighted by Gasteiger charge is 2.30. The highest BCUT2D eigenvalue weighted by Crippen LogP contribution is 2.32. The molecule has 1 rings (SSSR count). The molecule has 2 N–H and O–H groups in total. The van der Waals surface area contributed by atoms with Crippen LogP contribution >= 0.6 is 0 Å². The van der Waals surface area contributed by atoms with Gasteiger partial charge >= 0.3 is 0 Å². The number of rotatable bonds is 7. The molecular weight excluding hydrogens is 248 g/mol. The van der Waals surface area contributed by atoms with E-state index in [4.69, 9.17) is 5.73 Å². The lowest BCUT2D eigenvalue weighted by Crippen LogP contribution is -2.42. The first-order chi connectivity index (χ1) is 9.43. The SMILES string of the molecule is CC(C)CN(CC(C)C)C(=O)C1CCCC(CCN)C1. The lowest BCUT2D eigenvalue weighted by atomic mass is 9.79. The van der Waals surface area contributed by atoms with Crippen LogP contribution in [0.3, 0.4) is 0 Å². The van der Waals surface area contributed by atoms with E-state index in [1.165, 1.54) is 12.8 Å². The zero-order valence-electron chi connectivity index (χ0n) is 13.9. The van der Waals surface area contributed by atoms with Gasteiger partial charge in [-0.25, -0.2) is 0 Å². The molecule has 2 unspecified atom stereocenters. The molecule has 0 saturated heterocycles. The van der Waals surface area contributed by atoms with E-state index < -0.39 is 0 Å². The van der Waals surface area contributed by atoms with Gasteiger partial charge < -0.3 is 10.6 Å². The number of carbonyl (C=O) groups excluding carboxylic acids is 1. The standard InChI is InChI=1S/C17H34N2O/c1-13(2)11-19(12-14(3)4)17(20)16-7-5-6-15(10-16)8-9-18/h13-16H,5-12,18H2,1-4H3. The molecule has 0 aromatic heterocycles. The largest absolute Gasteiger partial charge is 0.342 e. The van der Waals surface area contributed by atoms with Crippen molar-refractivity contribution in [3.63, 3.8) is 0 Å². The Morgan fingerprint density at radius 3 is 2.25 bits per heavy atom. The average Bonchev–Trinajstić information content (AvgIpc) is 2.37. The second-order valence-electron chi connectivity index (χ2n) is 7.34. The van der Waals surface area contributed by atoms with Gasteiger partial charge in [0.1, 0.15) is 0 Å². The Labute approximate surface area is 125 Å². The molecule has 3 heteroatoms. The topological polar surface area (TPSA) is 46.3 Å². The molecule has 0 spiro atoms. The molecule has 2 atom stereocenters. The lowest BCUT2D eigenvalue weighted by molar-refractivity contribution is -0.138. The summed E-state index contributed by atoms with van der Waals surface area (Å²) in [5, 5.41) is 0. The van der Waals surface area contributed by atoms with Crippen molar-refractivity contribution in [2.45, 2.75) is 59.8 Å². The molecule has 1 amide bonds. The van der Waals surface area contributed by atoms with Crippen LogP contribution in [0.5, 0.6) is 0 Å². The third-order valence-electron chi connectivity index (χ3n) is 4.19. The van der Waals surface area contributed by atoms with E-state index in [9.17, 15) is 4.79 Å². The van der Waals surface area contributed by atoms with Crippen LogP contribution < -0.4 is 5.73 Å². The smallest absolute Gasteiger partial charge is 0.225 e. The summed E-state index contributed by atoms with van der Waals surface area (Å²) in [6.07, 6.45) is 5.67. The molecule has 0 aliphatic heterocycles. The van der Waals surface area contributed by atoms with Crippen LogP contribution in [0.4, 0.5) is 0 Å². The second-order valence-corrected chi connectivity index (χ2v) is 7.34. The summed E-state index contributed by atoms with van der Waals surface area (Å²) in [6, 6.07) is 0. The van der Waals surface area contributed by atoms with Crippen molar-refractivity contribution < 1.29 is 4.79 Å². The van der Waals surface area contributed by atoms with E-state index in [1.54, 1.807) is 0 Å². The van der Waals surface area contributed by atoms with Gasteiger partial charge in [0.15, 0.2) is 0 Å². The summed E-state index contributed by atoms with van der Waals surface area (Å²) in [4.78, 5) is 14.9. The molecule has 1 aliphatic rings. The summed E-state index contributed by atoms with van der Waals surface area (Å²) in [7, 11) is 0. The Morgan fingerprint density at radius 2 is 1.75 bits per heavy atom. The number of carbonyl (C=O) groups is 1. The highest BCUT2D eigenvalue weighted by molar-refractivity contribution is 5.79. The highest BCUT2D eigenvalue weighted by atomic mass is 16.2. The van der Waals surface area contributed by atoms with Gasteiger partial charge in [0.25, 0.3) is 0 Å². The monoisotopic (exact) mass is 282 g/mol. The fourth-order valence-corrected chi connectivity index (χ4v) is 3.41.